The number of halogens is 2. The number of nitrogens with one attached hydrogen (secondary N) is 2. The highest BCUT2D eigenvalue weighted by Gasteiger charge is 2.05. The molecule has 3 nitrogen and oxygen atoms in total. The van der Waals surface area contributed by atoms with Crippen LogP contribution in [0, 0.1) is 11.6 Å². The molecule has 2 aromatic rings. The minimum absolute atomic E-state index is 0.119. The highest BCUT2D eigenvalue weighted by Crippen LogP contribution is 2.21. The molecule has 19 heavy (non-hydrogen) atoms. The summed E-state index contributed by atoms with van der Waals surface area (Å²) in [6, 6.07) is 10.5. The maximum absolute atomic E-state index is 13.7. The van der Waals surface area contributed by atoms with Crippen LogP contribution in [-0.4, -0.2) is 7.05 Å². The predicted molar refractivity (Wildman–Crippen MR) is 69.8 cm³/mol. The van der Waals surface area contributed by atoms with E-state index in [9.17, 15) is 8.78 Å². The molecule has 0 fully saturated rings. The first-order chi connectivity index (χ1) is 9.19. The fourth-order valence-electron chi connectivity index (χ4n) is 1.63. The van der Waals surface area contributed by atoms with E-state index in [1.165, 1.54) is 24.3 Å². The van der Waals surface area contributed by atoms with Crippen LogP contribution in [0.5, 0.6) is 5.75 Å². The van der Waals surface area contributed by atoms with Gasteiger partial charge in [-0.3, -0.25) is 0 Å². The van der Waals surface area contributed by atoms with Gasteiger partial charge in [-0.05, 0) is 29.8 Å². The largest absolute Gasteiger partial charge is 0.486 e. The molecule has 0 radical (unpaired) electrons. The van der Waals surface area contributed by atoms with E-state index in [0.29, 0.717) is 11.3 Å². The normalized spacial score (nSPS) is 10.3. The lowest BCUT2D eigenvalue weighted by molar-refractivity contribution is 0.290. The second-order valence-electron chi connectivity index (χ2n) is 3.94. The summed E-state index contributed by atoms with van der Waals surface area (Å²) in [6.45, 7) is 0.119. The van der Waals surface area contributed by atoms with Crippen molar-refractivity contribution in [1.29, 1.82) is 0 Å². The van der Waals surface area contributed by atoms with Gasteiger partial charge in [0.2, 0.25) is 0 Å². The van der Waals surface area contributed by atoms with Crippen LogP contribution in [0.1, 0.15) is 5.56 Å². The molecule has 100 valence electrons. The van der Waals surface area contributed by atoms with Crippen molar-refractivity contribution < 1.29 is 13.5 Å². The van der Waals surface area contributed by atoms with Crippen LogP contribution in [0.15, 0.2) is 42.5 Å². The van der Waals surface area contributed by atoms with Crippen LogP contribution in [0.3, 0.4) is 0 Å². The van der Waals surface area contributed by atoms with Crippen molar-refractivity contribution in [3.05, 3.63) is 59.7 Å². The summed E-state index contributed by atoms with van der Waals surface area (Å²) >= 11 is 0. The van der Waals surface area contributed by atoms with Gasteiger partial charge in [0.25, 0.3) is 0 Å². The van der Waals surface area contributed by atoms with Gasteiger partial charge in [-0.1, -0.05) is 12.1 Å². The molecule has 0 saturated carbocycles. The molecule has 0 amide bonds. The molecule has 0 heterocycles. The second kappa shape index (κ2) is 6.15. The Morgan fingerprint density at radius 1 is 1.11 bits per heavy atom. The molecule has 0 aliphatic rings. The lowest BCUT2D eigenvalue weighted by Gasteiger charge is -2.09. The molecule has 0 unspecified atom stereocenters. The Balaban J connectivity index is 2.03. The fourth-order valence-corrected chi connectivity index (χ4v) is 1.63. The molecule has 0 atom stereocenters. The predicted octanol–water partition coefficient (Wildman–Crippen LogP) is 3.09. The van der Waals surface area contributed by atoms with E-state index in [4.69, 9.17) is 4.74 Å². The van der Waals surface area contributed by atoms with Gasteiger partial charge in [-0.25, -0.2) is 14.2 Å². The summed E-state index contributed by atoms with van der Waals surface area (Å²) in [5, 5.41) is 0. The van der Waals surface area contributed by atoms with E-state index >= 15 is 0 Å². The maximum Gasteiger partial charge on any atom is 0.167 e. The lowest BCUT2D eigenvalue weighted by atomic mass is 10.2. The molecule has 0 aliphatic heterocycles. The standard InChI is InChI=1S/C14H14F2N2O/c1-17-18-12-5-6-14(13(16)8-12)19-9-10-3-2-4-11(15)7-10/h2-8,17-18H,9H2,1H3. The summed E-state index contributed by atoms with van der Waals surface area (Å²) in [7, 11) is 1.69. The minimum Gasteiger partial charge on any atom is -0.486 e. The Bertz CT molecular complexity index is 561. The Labute approximate surface area is 110 Å². The Hall–Kier alpha value is -2.14. The van der Waals surface area contributed by atoms with Gasteiger partial charge in [0.1, 0.15) is 12.4 Å². The SMILES string of the molecule is CNNc1ccc(OCc2cccc(F)c2)c(F)c1. The first-order valence-electron chi connectivity index (χ1n) is 5.78. The third-order valence-electron chi connectivity index (χ3n) is 2.48. The van der Waals surface area contributed by atoms with Crippen molar-refractivity contribution in [2.75, 3.05) is 12.5 Å². The lowest BCUT2D eigenvalue weighted by Crippen LogP contribution is -2.14. The van der Waals surface area contributed by atoms with Crippen molar-refractivity contribution in [1.82, 2.24) is 5.43 Å². The summed E-state index contributed by atoms with van der Waals surface area (Å²) in [6.07, 6.45) is 0. The van der Waals surface area contributed by atoms with Crippen molar-refractivity contribution in [2.24, 2.45) is 0 Å². The smallest absolute Gasteiger partial charge is 0.167 e. The van der Waals surface area contributed by atoms with Crippen LogP contribution >= 0.6 is 0 Å². The topological polar surface area (TPSA) is 33.3 Å². The van der Waals surface area contributed by atoms with Gasteiger partial charge in [0.15, 0.2) is 11.6 Å². The third kappa shape index (κ3) is 3.66. The van der Waals surface area contributed by atoms with Gasteiger partial charge < -0.3 is 10.2 Å². The molecule has 5 heteroatoms. The molecular weight excluding hydrogens is 250 g/mol. The first kappa shape index (κ1) is 13.3. The van der Waals surface area contributed by atoms with Crippen molar-refractivity contribution >= 4 is 5.69 Å². The highest BCUT2D eigenvalue weighted by molar-refractivity contribution is 5.46. The molecule has 2 aromatic carbocycles. The van der Waals surface area contributed by atoms with Crippen LogP contribution in [0.4, 0.5) is 14.5 Å². The molecule has 0 spiro atoms. The molecule has 0 bridgehead atoms. The zero-order valence-electron chi connectivity index (χ0n) is 10.4. The average Bonchev–Trinajstić information content (AvgIpc) is 2.38. The number of hydrogen-bond acceptors (Lipinski definition) is 3. The Morgan fingerprint density at radius 2 is 1.95 bits per heavy atom. The summed E-state index contributed by atoms with van der Waals surface area (Å²) < 4.78 is 32.0. The monoisotopic (exact) mass is 264 g/mol. The van der Waals surface area contributed by atoms with Gasteiger partial charge in [-0.2, -0.15) is 0 Å². The number of rotatable bonds is 5. The molecular formula is C14H14F2N2O. The van der Waals surface area contributed by atoms with Gasteiger partial charge in [-0.15, -0.1) is 0 Å². The van der Waals surface area contributed by atoms with E-state index in [2.05, 4.69) is 10.9 Å². The number of hydrogen-bond donors (Lipinski definition) is 2. The van der Waals surface area contributed by atoms with Crippen molar-refractivity contribution in [2.45, 2.75) is 6.61 Å². The van der Waals surface area contributed by atoms with Crippen molar-refractivity contribution in [3.8, 4) is 5.75 Å². The quantitative estimate of drug-likeness (QED) is 0.814. The summed E-state index contributed by atoms with van der Waals surface area (Å²) in [4.78, 5) is 0. The zero-order valence-corrected chi connectivity index (χ0v) is 10.4. The summed E-state index contributed by atoms with van der Waals surface area (Å²) in [5.74, 6) is -0.683. The molecule has 2 N–H and O–H groups in total. The van der Waals surface area contributed by atoms with Gasteiger partial charge >= 0.3 is 0 Å². The van der Waals surface area contributed by atoms with Gasteiger partial charge in [0, 0.05) is 13.1 Å². The van der Waals surface area contributed by atoms with Crippen LogP contribution in [-0.2, 0) is 6.61 Å². The second-order valence-corrected chi connectivity index (χ2v) is 3.94. The number of benzene rings is 2. The molecule has 0 saturated heterocycles. The third-order valence-corrected chi connectivity index (χ3v) is 2.48. The van der Waals surface area contributed by atoms with E-state index < -0.39 is 5.82 Å². The van der Waals surface area contributed by atoms with E-state index in [1.807, 2.05) is 0 Å². The molecule has 2 rings (SSSR count). The molecule has 0 aromatic heterocycles. The van der Waals surface area contributed by atoms with Crippen molar-refractivity contribution in [3.63, 3.8) is 0 Å². The fraction of sp³-hybridized carbons (Fsp3) is 0.143. The number of anilines is 1. The van der Waals surface area contributed by atoms with E-state index in [-0.39, 0.29) is 18.2 Å². The Morgan fingerprint density at radius 3 is 2.63 bits per heavy atom. The highest BCUT2D eigenvalue weighted by atomic mass is 19.1. The van der Waals surface area contributed by atoms with Crippen LogP contribution in [0.2, 0.25) is 0 Å². The van der Waals surface area contributed by atoms with Crippen LogP contribution in [0.25, 0.3) is 0 Å². The number of hydrazine groups is 1. The first-order valence-corrected chi connectivity index (χ1v) is 5.78. The maximum atomic E-state index is 13.7. The number of ether oxygens (including phenoxy) is 1. The summed E-state index contributed by atoms with van der Waals surface area (Å²) in [5.41, 5.74) is 6.70. The van der Waals surface area contributed by atoms with Gasteiger partial charge in [0.05, 0.1) is 5.69 Å². The minimum atomic E-state index is -0.475. The zero-order chi connectivity index (χ0) is 13.7. The average molecular weight is 264 g/mol. The van der Waals surface area contributed by atoms with E-state index in [0.717, 1.165) is 0 Å². The van der Waals surface area contributed by atoms with E-state index in [1.54, 1.807) is 25.2 Å². The van der Waals surface area contributed by atoms with Crippen LogP contribution < -0.4 is 15.6 Å². The Kier molecular flexibility index (Phi) is 4.30. The molecule has 0 aliphatic carbocycles.